The smallest absolute Gasteiger partial charge is 0.326 e. The molecule has 0 radical (unpaired) electrons. The van der Waals surface area contributed by atoms with Crippen molar-refractivity contribution < 1.29 is 14.6 Å². The first-order valence-corrected chi connectivity index (χ1v) is 6.44. The van der Waals surface area contributed by atoms with Crippen molar-refractivity contribution in [3.05, 3.63) is 5.82 Å². The minimum atomic E-state index is -0.917. The number of hydrogen-bond acceptors (Lipinski definition) is 6. The predicted octanol–water partition coefficient (Wildman–Crippen LogP) is 1.74. The molecule has 0 bridgehead atoms. The summed E-state index contributed by atoms with van der Waals surface area (Å²) in [5, 5.41) is 12.5. The summed E-state index contributed by atoms with van der Waals surface area (Å²) in [4.78, 5) is 15.4. The Morgan fingerprint density at radius 2 is 2.22 bits per heavy atom. The van der Waals surface area contributed by atoms with Gasteiger partial charge in [-0.1, -0.05) is 20.8 Å². The van der Waals surface area contributed by atoms with Gasteiger partial charge in [-0.05, 0) is 0 Å². The first-order chi connectivity index (χ1) is 8.34. The number of rotatable bonds is 6. The minimum absolute atomic E-state index is 0.137. The second-order valence-corrected chi connectivity index (χ2v) is 5.74. The predicted molar refractivity (Wildman–Crippen MR) is 70.1 cm³/mol. The summed E-state index contributed by atoms with van der Waals surface area (Å²) >= 11 is 1.18. The van der Waals surface area contributed by atoms with Crippen LogP contribution in [-0.4, -0.2) is 40.2 Å². The second-order valence-electron chi connectivity index (χ2n) is 4.99. The van der Waals surface area contributed by atoms with Gasteiger partial charge in [0, 0.05) is 37.1 Å². The molecule has 1 aromatic heterocycles. The number of aliphatic carboxylic acids is 1. The van der Waals surface area contributed by atoms with Gasteiger partial charge in [0.05, 0.1) is 0 Å². The summed E-state index contributed by atoms with van der Waals surface area (Å²) in [5.74, 6) is -0.203. The van der Waals surface area contributed by atoms with E-state index in [4.69, 9.17) is 9.84 Å². The van der Waals surface area contributed by atoms with E-state index in [0.29, 0.717) is 24.0 Å². The lowest BCUT2D eigenvalue weighted by molar-refractivity contribution is -0.138. The summed E-state index contributed by atoms with van der Waals surface area (Å²) in [6.45, 7) is 6.42. The SMILES string of the molecule is COCCC(Nc1nc(C(C)(C)C)ns1)C(=O)O. The summed E-state index contributed by atoms with van der Waals surface area (Å²) in [7, 11) is 1.54. The van der Waals surface area contributed by atoms with Crippen molar-refractivity contribution >= 4 is 22.6 Å². The number of carboxylic acids is 1. The fourth-order valence-electron chi connectivity index (χ4n) is 1.23. The van der Waals surface area contributed by atoms with Gasteiger partial charge >= 0.3 is 5.97 Å². The van der Waals surface area contributed by atoms with Crippen LogP contribution in [0.5, 0.6) is 0 Å². The third kappa shape index (κ3) is 4.23. The largest absolute Gasteiger partial charge is 0.480 e. The molecule has 1 aromatic rings. The highest BCUT2D eigenvalue weighted by Crippen LogP contribution is 2.23. The van der Waals surface area contributed by atoms with Crippen molar-refractivity contribution in [3.8, 4) is 0 Å². The minimum Gasteiger partial charge on any atom is -0.480 e. The molecule has 0 amide bonds. The van der Waals surface area contributed by atoms with E-state index in [1.807, 2.05) is 20.8 Å². The summed E-state index contributed by atoms with van der Waals surface area (Å²) in [6.07, 6.45) is 0.385. The Bertz CT molecular complexity index is 400. The van der Waals surface area contributed by atoms with E-state index in [1.54, 1.807) is 7.11 Å². The van der Waals surface area contributed by atoms with Crippen LogP contribution < -0.4 is 5.32 Å². The maximum absolute atomic E-state index is 11.1. The molecule has 0 saturated heterocycles. The highest BCUT2D eigenvalue weighted by atomic mass is 32.1. The first kappa shape index (κ1) is 14.8. The Hall–Kier alpha value is -1.21. The van der Waals surface area contributed by atoms with Crippen LogP contribution in [0.25, 0.3) is 0 Å². The quantitative estimate of drug-likeness (QED) is 0.821. The topological polar surface area (TPSA) is 84.3 Å². The van der Waals surface area contributed by atoms with Crippen molar-refractivity contribution in [2.45, 2.75) is 38.6 Å². The normalized spacial score (nSPS) is 13.3. The molecule has 0 aliphatic carbocycles. The molecule has 0 aromatic carbocycles. The Kier molecular flexibility index (Phi) is 5.03. The Balaban J connectivity index is 2.69. The Morgan fingerprint density at radius 3 is 2.67 bits per heavy atom. The Morgan fingerprint density at radius 1 is 1.56 bits per heavy atom. The molecule has 0 aliphatic rings. The molecule has 102 valence electrons. The number of hydrogen-bond donors (Lipinski definition) is 2. The molecule has 2 N–H and O–H groups in total. The Labute approximate surface area is 111 Å². The summed E-state index contributed by atoms with van der Waals surface area (Å²) in [6, 6.07) is -0.703. The maximum Gasteiger partial charge on any atom is 0.326 e. The standard InChI is InChI=1S/C11H19N3O3S/c1-11(2,3)9-13-10(18-14-9)12-7(8(15)16)5-6-17-4/h7H,5-6H2,1-4H3,(H,15,16)(H,12,13,14). The van der Waals surface area contributed by atoms with E-state index in [1.165, 1.54) is 11.5 Å². The van der Waals surface area contributed by atoms with Crippen LogP contribution in [0.3, 0.4) is 0 Å². The lowest BCUT2D eigenvalue weighted by atomic mass is 9.96. The molecule has 0 fully saturated rings. The molecule has 1 atom stereocenters. The molecule has 7 heteroatoms. The van der Waals surface area contributed by atoms with Crippen LogP contribution >= 0.6 is 11.5 Å². The number of methoxy groups -OCH3 is 1. The van der Waals surface area contributed by atoms with Crippen LogP contribution in [0.15, 0.2) is 0 Å². The van der Waals surface area contributed by atoms with Crippen LogP contribution in [-0.2, 0) is 14.9 Å². The van der Waals surface area contributed by atoms with Gasteiger partial charge in [-0.2, -0.15) is 4.37 Å². The number of nitrogens with zero attached hydrogens (tertiary/aromatic N) is 2. The number of anilines is 1. The van der Waals surface area contributed by atoms with E-state index >= 15 is 0 Å². The molecule has 0 saturated carbocycles. The lowest BCUT2D eigenvalue weighted by Crippen LogP contribution is -2.30. The van der Waals surface area contributed by atoms with Gasteiger partial charge in [0.2, 0.25) is 5.13 Å². The van der Waals surface area contributed by atoms with Gasteiger partial charge < -0.3 is 15.2 Å². The van der Waals surface area contributed by atoms with Crippen LogP contribution in [0.4, 0.5) is 5.13 Å². The molecule has 0 aliphatic heterocycles. The first-order valence-electron chi connectivity index (χ1n) is 5.67. The number of nitrogens with one attached hydrogen (secondary N) is 1. The molecule has 1 rings (SSSR count). The second kappa shape index (κ2) is 6.10. The number of carboxylic acid groups (broad SMARTS) is 1. The average Bonchev–Trinajstić information content (AvgIpc) is 2.71. The van der Waals surface area contributed by atoms with Crippen molar-refractivity contribution in [1.82, 2.24) is 9.36 Å². The highest BCUT2D eigenvalue weighted by molar-refractivity contribution is 7.09. The monoisotopic (exact) mass is 273 g/mol. The third-order valence-corrected chi connectivity index (χ3v) is 2.95. The van der Waals surface area contributed by atoms with Gasteiger partial charge in [-0.15, -0.1) is 0 Å². The fraction of sp³-hybridized carbons (Fsp3) is 0.727. The van der Waals surface area contributed by atoms with E-state index < -0.39 is 12.0 Å². The van der Waals surface area contributed by atoms with Crippen molar-refractivity contribution in [2.24, 2.45) is 0 Å². The highest BCUT2D eigenvalue weighted by Gasteiger charge is 2.22. The van der Waals surface area contributed by atoms with Gasteiger partial charge in [-0.25, -0.2) is 9.78 Å². The van der Waals surface area contributed by atoms with E-state index in [0.717, 1.165) is 0 Å². The molecular weight excluding hydrogens is 254 g/mol. The molecular formula is C11H19N3O3S. The molecule has 18 heavy (non-hydrogen) atoms. The van der Waals surface area contributed by atoms with Crippen molar-refractivity contribution in [1.29, 1.82) is 0 Å². The van der Waals surface area contributed by atoms with E-state index in [9.17, 15) is 4.79 Å². The van der Waals surface area contributed by atoms with Gasteiger partial charge in [0.25, 0.3) is 0 Å². The number of carbonyl (C=O) groups is 1. The maximum atomic E-state index is 11.1. The van der Waals surface area contributed by atoms with Crippen molar-refractivity contribution in [3.63, 3.8) is 0 Å². The number of aromatic nitrogens is 2. The van der Waals surface area contributed by atoms with Crippen LogP contribution in [0.2, 0.25) is 0 Å². The van der Waals surface area contributed by atoms with Gasteiger partial charge in [-0.3, -0.25) is 0 Å². The average molecular weight is 273 g/mol. The third-order valence-electron chi connectivity index (χ3n) is 2.30. The molecule has 1 unspecified atom stereocenters. The zero-order valence-corrected chi connectivity index (χ0v) is 11.9. The zero-order chi connectivity index (χ0) is 13.8. The summed E-state index contributed by atoms with van der Waals surface area (Å²) in [5.41, 5.74) is -0.137. The van der Waals surface area contributed by atoms with Crippen molar-refractivity contribution in [2.75, 3.05) is 19.0 Å². The molecule has 6 nitrogen and oxygen atoms in total. The fourth-order valence-corrected chi connectivity index (χ4v) is 2.04. The van der Waals surface area contributed by atoms with E-state index in [2.05, 4.69) is 14.7 Å². The van der Waals surface area contributed by atoms with Crippen LogP contribution in [0.1, 0.15) is 33.0 Å². The van der Waals surface area contributed by atoms with Gasteiger partial charge in [0.15, 0.2) is 0 Å². The van der Waals surface area contributed by atoms with Crippen LogP contribution in [0, 0.1) is 0 Å². The lowest BCUT2D eigenvalue weighted by Gasteiger charge is -2.14. The number of ether oxygens (including phenoxy) is 1. The summed E-state index contributed by atoms with van der Waals surface area (Å²) < 4.78 is 9.11. The van der Waals surface area contributed by atoms with E-state index in [-0.39, 0.29) is 5.41 Å². The zero-order valence-electron chi connectivity index (χ0n) is 11.1. The molecule has 1 heterocycles. The molecule has 0 spiro atoms. The van der Waals surface area contributed by atoms with Gasteiger partial charge in [0.1, 0.15) is 11.9 Å².